The quantitative estimate of drug-likeness (QED) is 0.0920. The van der Waals surface area contributed by atoms with Crippen LogP contribution in [0.15, 0.2) is 18.2 Å². The van der Waals surface area contributed by atoms with Gasteiger partial charge in [0.25, 0.3) is 0 Å². The molecule has 1 aliphatic rings. The Morgan fingerprint density at radius 3 is 1.79 bits per heavy atom. The number of rotatable bonds is 21. The van der Waals surface area contributed by atoms with E-state index < -0.39 is 167 Å². The number of nitrogens with zero attached hydrogens (tertiary/aromatic N) is 6. The number of nitrogens with one attached hydrogen (secondary N) is 5. The maximum Gasteiger partial charge on any atom is 0.417 e. The zero-order valence-electron chi connectivity index (χ0n) is 60.1. The summed E-state index contributed by atoms with van der Waals surface area (Å²) in [6, 6.07) is -6.10. The van der Waals surface area contributed by atoms with Crippen LogP contribution in [0.4, 0.5) is 13.2 Å². The van der Waals surface area contributed by atoms with Crippen LogP contribution < -0.4 is 26.6 Å². The molecule has 2 rings (SSSR count). The molecule has 1 heterocycles. The van der Waals surface area contributed by atoms with Crippen LogP contribution in [0.1, 0.15) is 159 Å². The van der Waals surface area contributed by atoms with Crippen molar-refractivity contribution in [1.82, 2.24) is 56.0 Å². The summed E-state index contributed by atoms with van der Waals surface area (Å²) in [4.78, 5) is 166. The first-order chi connectivity index (χ1) is 44.4. The van der Waals surface area contributed by atoms with Crippen molar-refractivity contribution >= 4 is 76.6 Å². The lowest BCUT2D eigenvalue weighted by molar-refractivity contribution is -0.150. The van der Waals surface area contributed by atoms with Gasteiger partial charge in [-0.2, -0.15) is 13.2 Å². The molecule has 0 aliphatic carbocycles. The summed E-state index contributed by atoms with van der Waals surface area (Å²) in [5.74, 6) is -8.99. The molecule has 546 valence electrons. The standard InChI is InChI=1S/C67H111ClF3N11O14/c1-20-22-28-82-36-55(85)77(15)35-56(86)80(18)52(38-95-29-27-40(3)4)62(91)78(16)34-53(83)73-48(26-24-45-23-25-46(47(68)33-45)67(69,70)71)58(87)74-49(37-96-39-65(11,12)94)59(88)76-66(13,14)64(93)81(19)51(31-42(7)8)60(89)72-44(10)32-54(84)79(17)50(30-41(5)6)61(90)75-57(63(82)92)43(9)21-2/h23,25,33,40-44,48-52,57,94H,20-22,24,26-32,34-39H2,1-19H3,(H,72,89)(H,73,83)(H,74,87)(H,75,90)(H,76,88)/t43-,44+,48-,49-,50-,51-,52-,57-/m0/s1. The summed E-state index contributed by atoms with van der Waals surface area (Å²) < 4.78 is 53.0. The smallest absolute Gasteiger partial charge is 0.388 e. The monoisotopic (exact) mass is 1390 g/mol. The number of aliphatic hydroxyl groups is 1. The first kappa shape index (κ1) is 85.4. The van der Waals surface area contributed by atoms with Gasteiger partial charge >= 0.3 is 6.18 Å². The molecule has 0 aromatic heterocycles. The Labute approximate surface area is 571 Å². The van der Waals surface area contributed by atoms with Gasteiger partial charge in [0.15, 0.2) is 0 Å². The van der Waals surface area contributed by atoms with E-state index in [4.69, 9.17) is 21.1 Å². The largest absolute Gasteiger partial charge is 0.417 e. The molecule has 1 saturated heterocycles. The van der Waals surface area contributed by atoms with Gasteiger partial charge < -0.3 is 70.6 Å². The second-order valence-corrected chi connectivity index (χ2v) is 28.4. The van der Waals surface area contributed by atoms with Gasteiger partial charge in [-0.25, -0.2) is 0 Å². The number of benzene rings is 1. The van der Waals surface area contributed by atoms with Crippen LogP contribution in [0.5, 0.6) is 0 Å². The lowest BCUT2D eigenvalue weighted by Gasteiger charge is -2.36. The first-order valence-corrected chi connectivity index (χ1v) is 33.6. The average Bonchev–Trinajstić information content (AvgIpc) is 0.851. The van der Waals surface area contributed by atoms with E-state index in [-0.39, 0.29) is 81.8 Å². The number of amides is 11. The van der Waals surface area contributed by atoms with E-state index in [1.807, 2.05) is 55.4 Å². The van der Waals surface area contributed by atoms with E-state index in [1.54, 1.807) is 13.8 Å². The fourth-order valence-electron chi connectivity index (χ4n) is 10.4. The maximum absolute atomic E-state index is 14.8. The third-order valence-corrected chi connectivity index (χ3v) is 16.9. The highest BCUT2D eigenvalue weighted by Gasteiger charge is 2.42. The normalized spacial score (nSPS) is 23.2. The SMILES string of the molecule is CCCCN1CC(=O)N(C)CC(=O)N(C)[C@@H](COCCC(C)C)C(=O)N(C)CC(=O)N[C@@H](CCc2ccc(C(F)(F)F)c(Cl)c2)C(=O)N[C@@H](COCC(C)(C)O)C(=O)NC(C)(C)C(=O)N(C)[C@@H](CC(C)C)C(=O)N[C@H](C)CC(=O)N(C)[C@@H](CC(C)C)C(=O)N[C@@H]([C@@H](C)CC)C1=O. The van der Waals surface area contributed by atoms with Crippen molar-refractivity contribution in [2.24, 2.45) is 23.7 Å². The van der Waals surface area contributed by atoms with E-state index in [0.29, 0.717) is 25.7 Å². The summed E-state index contributed by atoms with van der Waals surface area (Å²) in [5, 5.41) is 23.5. The first-order valence-electron chi connectivity index (χ1n) is 33.2. The van der Waals surface area contributed by atoms with Crippen molar-refractivity contribution in [3.05, 3.63) is 34.3 Å². The Bertz CT molecular complexity index is 2800. The van der Waals surface area contributed by atoms with Crippen LogP contribution in [-0.2, 0) is 74.8 Å². The van der Waals surface area contributed by atoms with Gasteiger partial charge in [-0.1, -0.05) is 92.8 Å². The second kappa shape index (κ2) is 39.1. The minimum Gasteiger partial charge on any atom is -0.388 e. The number of likely N-dealkylation sites (N-methyl/N-ethyl adjacent to an activating group) is 5. The number of hydrogen-bond acceptors (Lipinski definition) is 14. The summed E-state index contributed by atoms with van der Waals surface area (Å²) in [7, 11) is 6.73. The van der Waals surface area contributed by atoms with Gasteiger partial charge in [0, 0.05) is 60.9 Å². The Hall–Kier alpha value is -6.65. The number of carbonyl (C=O) groups is 11. The fraction of sp³-hybridized carbons (Fsp3) is 0.746. The zero-order chi connectivity index (χ0) is 73.5. The molecule has 0 bridgehead atoms. The topological polar surface area (TPSA) is 306 Å². The third-order valence-electron chi connectivity index (χ3n) is 16.6. The lowest BCUT2D eigenvalue weighted by atomic mass is 9.95. The Balaban J connectivity index is 2.95. The predicted molar refractivity (Wildman–Crippen MR) is 357 cm³/mol. The molecular formula is C67H111ClF3N11O14. The molecule has 96 heavy (non-hydrogen) atoms. The van der Waals surface area contributed by atoms with Gasteiger partial charge in [-0.05, 0) is 115 Å². The minimum atomic E-state index is -4.80. The average molecular weight is 1390 g/mol. The summed E-state index contributed by atoms with van der Waals surface area (Å²) in [6.45, 7) is 21.0. The minimum absolute atomic E-state index is 0.0997. The molecule has 0 unspecified atom stereocenters. The van der Waals surface area contributed by atoms with Gasteiger partial charge in [0.05, 0.1) is 55.6 Å². The Morgan fingerprint density at radius 1 is 0.667 bits per heavy atom. The Morgan fingerprint density at radius 2 is 1.25 bits per heavy atom. The van der Waals surface area contributed by atoms with E-state index >= 15 is 0 Å². The molecule has 6 N–H and O–H groups in total. The number of unbranched alkanes of at least 4 members (excludes halogenated alkanes) is 1. The van der Waals surface area contributed by atoms with E-state index in [0.717, 1.165) is 37.8 Å². The van der Waals surface area contributed by atoms with Crippen molar-refractivity contribution in [3.63, 3.8) is 0 Å². The van der Waals surface area contributed by atoms with Gasteiger partial charge in [-0.3, -0.25) is 52.7 Å². The van der Waals surface area contributed by atoms with E-state index in [2.05, 4.69) is 26.6 Å². The highest BCUT2D eigenvalue weighted by Crippen LogP contribution is 2.35. The molecule has 25 nitrogen and oxygen atoms in total. The molecule has 1 aliphatic heterocycles. The zero-order valence-corrected chi connectivity index (χ0v) is 60.8. The van der Waals surface area contributed by atoms with Crippen LogP contribution in [0.2, 0.25) is 5.02 Å². The maximum atomic E-state index is 14.8. The number of hydrogen-bond donors (Lipinski definition) is 6. The van der Waals surface area contributed by atoms with Crippen LogP contribution >= 0.6 is 11.6 Å². The molecule has 0 radical (unpaired) electrons. The molecule has 1 aromatic rings. The van der Waals surface area contributed by atoms with Crippen LogP contribution in [0, 0.1) is 23.7 Å². The molecule has 29 heteroatoms. The van der Waals surface area contributed by atoms with Crippen molar-refractivity contribution in [1.29, 1.82) is 0 Å². The number of carbonyl (C=O) groups excluding carboxylic acids is 11. The number of halogens is 4. The van der Waals surface area contributed by atoms with Crippen molar-refractivity contribution in [3.8, 4) is 0 Å². The fourth-order valence-corrected chi connectivity index (χ4v) is 10.7. The highest BCUT2D eigenvalue weighted by atomic mass is 35.5. The van der Waals surface area contributed by atoms with Gasteiger partial charge in [-0.15, -0.1) is 0 Å². The van der Waals surface area contributed by atoms with Gasteiger partial charge in [0.2, 0.25) is 65.0 Å². The number of ether oxygens (including phenoxy) is 2. The number of alkyl halides is 3. The molecule has 8 atom stereocenters. The predicted octanol–water partition coefficient (Wildman–Crippen LogP) is 4.56. The highest BCUT2D eigenvalue weighted by molar-refractivity contribution is 6.31. The second-order valence-electron chi connectivity index (χ2n) is 28.0. The number of aryl methyl sites for hydroxylation is 1. The molecule has 11 amide bonds. The molecule has 1 aromatic carbocycles. The van der Waals surface area contributed by atoms with Crippen LogP contribution in [0.3, 0.4) is 0 Å². The van der Waals surface area contributed by atoms with Crippen molar-refractivity contribution in [2.75, 3.05) is 87.8 Å². The summed E-state index contributed by atoms with van der Waals surface area (Å²) >= 11 is 6.08. The van der Waals surface area contributed by atoms with Crippen LogP contribution in [-0.4, -0.2) is 241 Å². The van der Waals surface area contributed by atoms with Crippen molar-refractivity contribution < 1.29 is 80.5 Å². The van der Waals surface area contributed by atoms with E-state index in [9.17, 15) is 71.0 Å². The van der Waals surface area contributed by atoms with E-state index in [1.165, 1.54) is 72.7 Å². The summed E-state index contributed by atoms with van der Waals surface area (Å²) in [5.41, 5.74) is -4.22. The molecular weight excluding hydrogens is 1280 g/mol. The lowest BCUT2D eigenvalue weighted by Crippen LogP contribution is -2.63. The molecule has 0 saturated carbocycles. The Kier molecular flexibility index (Phi) is 34.8. The third kappa shape index (κ3) is 28.1. The van der Waals surface area contributed by atoms with Crippen molar-refractivity contribution in [2.45, 2.75) is 214 Å². The van der Waals surface area contributed by atoms with Gasteiger partial charge in [0.1, 0.15) is 41.8 Å². The molecule has 1 fully saturated rings. The van der Waals surface area contributed by atoms with Crippen LogP contribution in [0.25, 0.3) is 0 Å². The summed E-state index contributed by atoms with van der Waals surface area (Å²) in [6.07, 6.45) is -3.29. The molecule has 0 spiro atoms.